The fraction of sp³-hybridized carbons (Fsp3) is 0.524. The molecule has 6 heteroatoms. The third-order valence-corrected chi connectivity index (χ3v) is 5.95. The van der Waals surface area contributed by atoms with Crippen LogP contribution in [0.3, 0.4) is 0 Å². The number of carbonyl (C=O) groups is 2. The number of esters is 1. The molecular formula is C21H26O6. The van der Waals surface area contributed by atoms with Crippen molar-refractivity contribution in [3.63, 3.8) is 0 Å². The first kappa shape index (κ1) is 19.3. The van der Waals surface area contributed by atoms with E-state index in [-0.39, 0.29) is 5.78 Å². The zero-order chi connectivity index (χ0) is 19.8. The molecule has 1 aromatic carbocycles. The fourth-order valence-electron chi connectivity index (χ4n) is 4.67. The second-order valence-electron chi connectivity index (χ2n) is 7.22. The van der Waals surface area contributed by atoms with Crippen LogP contribution in [0.1, 0.15) is 37.7 Å². The topological polar surface area (TPSA) is 71.1 Å². The maximum absolute atomic E-state index is 13.2. The number of benzene rings is 1. The molecule has 27 heavy (non-hydrogen) atoms. The van der Waals surface area contributed by atoms with Crippen LogP contribution in [0.5, 0.6) is 17.2 Å². The molecule has 2 aliphatic rings. The Morgan fingerprint density at radius 2 is 1.70 bits per heavy atom. The van der Waals surface area contributed by atoms with Crippen molar-refractivity contribution in [2.75, 3.05) is 28.4 Å². The molecule has 2 aliphatic carbocycles. The van der Waals surface area contributed by atoms with Gasteiger partial charge in [0.1, 0.15) is 23.2 Å². The van der Waals surface area contributed by atoms with Gasteiger partial charge in [0.05, 0.1) is 28.4 Å². The van der Waals surface area contributed by atoms with E-state index in [4.69, 9.17) is 18.9 Å². The van der Waals surface area contributed by atoms with Crippen molar-refractivity contribution in [3.05, 3.63) is 29.3 Å². The predicted molar refractivity (Wildman–Crippen MR) is 99.4 cm³/mol. The fourth-order valence-corrected chi connectivity index (χ4v) is 4.67. The zero-order valence-electron chi connectivity index (χ0n) is 16.5. The van der Waals surface area contributed by atoms with E-state index in [0.717, 1.165) is 19.3 Å². The standard InChI is InChI=1S/C21H26O6/c1-21-9-7-6-8-13(21)19(22)17(20(23)27-5)18(21)16-14(25-3)10-12(24-2)11-15(16)26-4/h8,10-11,17-18H,6-7,9H2,1-5H3/t17-,18-,21+/m0/s1. The number of allylic oxidation sites excluding steroid dienone is 2. The minimum Gasteiger partial charge on any atom is -0.496 e. The van der Waals surface area contributed by atoms with E-state index in [0.29, 0.717) is 28.4 Å². The second kappa shape index (κ2) is 7.25. The number of methoxy groups -OCH3 is 4. The van der Waals surface area contributed by atoms with Crippen LogP contribution in [-0.4, -0.2) is 40.2 Å². The first-order valence-corrected chi connectivity index (χ1v) is 9.05. The number of ether oxygens (including phenoxy) is 4. The minimum atomic E-state index is -0.916. The van der Waals surface area contributed by atoms with E-state index in [2.05, 4.69) is 0 Å². The lowest BCUT2D eigenvalue weighted by Crippen LogP contribution is -2.31. The van der Waals surface area contributed by atoms with Gasteiger partial charge in [0.2, 0.25) is 0 Å². The summed E-state index contributed by atoms with van der Waals surface area (Å²) in [6, 6.07) is 3.51. The quantitative estimate of drug-likeness (QED) is 0.582. The Kier molecular flexibility index (Phi) is 5.18. The molecule has 0 amide bonds. The summed E-state index contributed by atoms with van der Waals surface area (Å²) in [4.78, 5) is 25.8. The summed E-state index contributed by atoms with van der Waals surface area (Å²) in [6.07, 6.45) is 4.58. The summed E-state index contributed by atoms with van der Waals surface area (Å²) in [7, 11) is 5.99. The second-order valence-corrected chi connectivity index (χ2v) is 7.22. The van der Waals surface area contributed by atoms with E-state index in [1.165, 1.54) is 7.11 Å². The first-order chi connectivity index (χ1) is 12.9. The van der Waals surface area contributed by atoms with Crippen LogP contribution in [0.15, 0.2) is 23.8 Å². The number of ketones is 1. The zero-order valence-corrected chi connectivity index (χ0v) is 16.5. The van der Waals surface area contributed by atoms with Gasteiger partial charge in [-0.2, -0.15) is 0 Å². The maximum atomic E-state index is 13.2. The van der Waals surface area contributed by atoms with Crippen molar-refractivity contribution < 1.29 is 28.5 Å². The molecule has 0 aromatic heterocycles. The van der Waals surface area contributed by atoms with Crippen molar-refractivity contribution in [2.45, 2.75) is 32.1 Å². The molecule has 0 saturated heterocycles. The Labute approximate surface area is 159 Å². The van der Waals surface area contributed by atoms with Gasteiger partial charge in [-0.05, 0) is 24.8 Å². The van der Waals surface area contributed by atoms with Gasteiger partial charge in [0, 0.05) is 29.0 Å². The molecule has 1 fully saturated rings. The summed E-state index contributed by atoms with van der Waals surface area (Å²) in [6.45, 7) is 2.05. The van der Waals surface area contributed by atoms with E-state index in [1.807, 2.05) is 13.0 Å². The molecule has 0 spiro atoms. The molecule has 3 rings (SSSR count). The molecule has 0 radical (unpaired) electrons. The van der Waals surface area contributed by atoms with Crippen molar-refractivity contribution in [1.82, 2.24) is 0 Å². The van der Waals surface area contributed by atoms with Crippen LogP contribution in [0.25, 0.3) is 0 Å². The molecule has 0 unspecified atom stereocenters. The lowest BCUT2D eigenvalue weighted by molar-refractivity contribution is -0.148. The minimum absolute atomic E-state index is 0.158. The number of carbonyl (C=O) groups excluding carboxylic acids is 2. The molecular weight excluding hydrogens is 348 g/mol. The summed E-state index contributed by atoms with van der Waals surface area (Å²) >= 11 is 0. The first-order valence-electron chi connectivity index (χ1n) is 9.05. The maximum Gasteiger partial charge on any atom is 0.317 e. The van der Waals surface area contributed by atoms with Gasteiger partial charge in [-0.1, -0.05) is 13.0 Å². The number of hydrogen-bond acceptors (Lipinski definition) is 6. The van der Waals surface area contributed by atoms with Gasteiger partial charge in [0.25, 0.3) is 0 Å². The van der Waals surface area contributed by atoms with E-state index < -0.39 is 23.2 Å². The Bertz CT molecular complexity index is 771. The van der Waals surface area contributed by atoms with E-state index >= 15 is 0 Å². The lowest BCUT2D eigenvalue weighted by Gasteiger charge is -2.37. The molecule has 1 saturated carbocycles. The van der Waals surface area contributed by atoms with Gasteiger partial charge in [-0.15, -0.1) is 0 Å². The average Bonchev–Trinajstić information content (AvgIpc) is 2.93. The highest BCUT2D eigenvalue weighted by molar-refractivity contribution is 6.13. The Morgan fingerprint density at radius 1 is 1.07 bits per heavy atom. The lowest BCUT2D eigenvalue weighted by atomic mass is 9.66. The molecule has 0 heterocycles. The third kappa shape index (κ3) is 2.87. The van der Waals surface area contributed by atoms with Crippen molar-refractivity contribution in [2.24, 2.45) is 11.3 Å². The molecule has 0 aliphatic heterocycles. The molecule has 0 bridgehead atoms. The number of hydrogen-bond donors (Lipinski definition) is 0. The van der Waals surface area contributed by atoms with Crippen LogP contribution in [0.2, 0.25) is 0 Å². The monoisotopic (exact) mass is 374 g/mol. The van der Waals surface area contributed by atoms with Crippen LogP contribution in [0.4, 0.5) is 0 Å². The predicted octanol–water partition coefficient (Wildman–Crippen LogP) is 3.28. The molecule has 3 atom stereocenters. The Morgan fingerprint density at radius 3 is 2.22 bits per heavy atom. The van der Waals surface area contributed by atoms with Crippen molar-refractivity contribution >= 4 is 11.8 Å². The van der Waals surface area contributed by atoms with Crippen LogP contribution >= 0.6 is 0 Å². The molecule has 6 nitrogen and oxygen atoms in total. The van der Waals surface area contributed by atoms with Gasteiger partial charge in [-0.25, -0.2) is 0 Å². The molecule has 1 aromatic rings. The Hall–Kier alpha value is -2.50. The number of Topliss-reactive ketones (excluding diaryl/α,β-unsaturated/α-hetero) is 1. The van der Waals surface area contributed by atoms with Gasteiger partial charge in [0.15, 0.2) is 5.78 Å². The summed E-state index contributed by atoms with van der Waals surface area (Å²) in [5.41, 5.74) is 0.940. The van der Waals surface area contributed by atoms with Gasteiger partial charge >= 0.3 is 5.97 Å². The van der Waals surface area contributed by atoms with Crippen molar-refractivity contribution in [1.29, 1.82) is 0 Å². The number of fused-ring (bicyclic) bond motifs is 1. The average molecular weight is 374 g/mol. The van der Waals surface area contributed by atoms with Gasteiger partial charge < -0.3 is 18.9 Å². The molecule has 0 N–H and O–H groups in total. The largest absolute Gasteiger partial charge is 0.496 e. The summed E-state index contributed by atoms with van der Waals surface area (Å²) in [5, 5.41) is 0. The highest BCUT2D eigenvalue weighted by atomic mass is 16.5. The summed E-state index contributed by atoms with van der Waals surface area (Å²) in [5.74, 6) is -0.386. The SMILES string of the molecule is COC(=O)[C@@H]1C(=O)C2=CCCC[C@@]2(C)[C@H]1c1c(OC)cc(OC)cc1OC. The third-order valence-electron chi connectivity index (χ3n) is 5.95. The van der Waals surface area contributed by atoms with E-state index in [1.54, 1.807) is 33.5 Å². The summed E-state index contributed by atoms with van der Waals surface area (Å²) < 4.78 is 21.6. The number of rotatable bonds is 5. The Balaban J connectivity index is 2.29. The highest BCUT2D eigenvalue weighted by Gasteiger charge is 2.59. The van der Waals surface area contributed by atoms with Crippen molar-refractivity contribution in [3.8, 4) is 17.2 Å². The normalized spacial score (nSPS) is 26.9. The van der Waals surface area contributed by atoms with Crippen LogP contribution in [-0.2, 0) is 14.3 Å². The van der Waals surface area contributed by atoms with Gasteiger partial charge in [-0.3, -0.25) is 9.59 Å². The van der Waals surface area contributed by atoms with Crippen LogP contribution in [0, 0.1) is 11.3 Å². The highest BCUT2D eigenvalue weighted by Crippen LogP contribution is 2.61. The van der Waals surface area contributed by atoms with E-state index in [9.17, 15) is 9.59 Å². The smallest absolute Gasteiger partial charge is 0.317 e. The van der Waals surface area contributed by atoms with Crippen LogP contribution < -0.4 is 14.2 Å². The molecule has 146 valence electrons.